The van der Waals surface area contributed by atoms with Crippen molar-refractivity contribution in [2.24, 2.45) is 0 Å². The average molecular weight is 497 g/mol. The van der Waals surface area contributed by atoms with Crippen molar-refractivity contribution in [1.82, 2.24) is 4.98 Å². The van der Waals surface area contributed by atoms with Crippen molar-refractivity contribution >= 4 is 44.2 Å². The minimum atomic E-state index is -1.43. The van der Waals surface area contributed by atoms with Crippen LogP contribution in [0.15, 0.2) is 60.7 Å². The van der Waals surface area contributed by atoms with Gasteiger partial charge in [0.05, 0.1) is 21.7 Å². The van der Waals surface area contributed by atoms with Crippen molar-refractivity contribution in [3.8, 4) is 0 Å². The van der Waals surface area contributed by atoms with Gasteiger partial charge in [0.15, 0.2) is 11.7 Å². The number of thiazole rings is 1. The summed E-state index contributed by atoms with van der Waals surface area (Å²) in [6, 6.07) is 15.4. The number of esters is 1. The number of rotatable bonds is 7. The predicted molar refractivity (Wildman–Crippen MR) is 125 cm³/mol. The largest absolute Gasteiger partial charge is 0.452 e. The Morgan fingerprint density at radius 2 is 1.83 bits per heavy atom. The molecule has 1 aromatic heterocycles. The van der Waals surface area contributed by atoms with Gasteiger partial charge in [0.1, 0.15) is 11.4 Å². The Hall–Kier alpha value is -4.25. The number of halogens is 2. The lowest BCUT2D eigenvalue weighted by Crippen LogP contribution is -2.34. The minimum Gasteiger partial charge on any atom is -0.452 e. The number of nitro benzene ring substituents is 1. The van der Waals surface area contributed by atoms with Gasteiger partial charge >= 0.3 is 11.7 Å². The summed E-state index contributed by atoms with van der Waals surface area (Å²) in [4.78, 5) is 41.2. The molecule has 178 valence electrons. The number of hydrogen-bond acceptors (Lipinski definition) is 7. The molecule has 0 N–H and O–H groups in total. The van der Waals surface area contributed by atoms with Crippen LogP contribution in [0, 0.1) is 28.7 Å². The predicted octanol–water partition coefficient (Wildman–Crippen LogP) is 5.18. The van der Waals surface area contributed by atoms with Crippen LogP contribution < -0.4 is 4.90 Å². The highest BCUT2D eigenvalue weighted by molar-refractivity contribution is 7.22. The number of amides is 1. The summed E-state index contributed by atoms with van der Waals surface area (Å²) < 4.78 is 33.5. The third-order valence-electron chi connectivity index (χ3n) is 5.10. The number of hydrogen-bond donors (Lipinski definition) is 0. The Labute approximate surface area is 201 Å². The SMILES string of the molecule is Cc1cccc2sc(N(Cc3ccccc3)C(=O)COC(=O)c3cc([N+](=O)[O-])c(F)cc3F)nc12. The third-order valence-corrected chi connectivity index (χ3v) is 6.15. The summed E-state index contributed by atoms with van der Waals surface area (Å²) in [5.41, 5.74) is 0.521. The van der Waals surface area contributed by atoms with E-state index in [1.54, 1.807) is 0 Å². The van der Waals surface area contributed by atoms with E-state index in [0.717, 1.165) is 21.3 Å². The van der Waals surface area contributed by atoms with Crippen LogP contribution in [-0.4, -0.2) is 28.4 Å². The molecule has 0 aliphatic carbocycles. The number of nitro groups is 1. The van der Waals surface area contributed by atoms with Gasteiger partial charge in [0, 0.05) is 12.1 Å². The zero-order valence-corrected chi connectivity index (χ0v) is 19.1. The topological polar surface area (TPSA) is 103 Å². The Kier molecular flexibility index (Phi) is 6.78. The van der Waals surface area contributed by atoms with Gasteiger partial charge in [-0.2, -0.15) is 4.39 Å². The first kappa shape index (κ1) is 23.9. The lowest BCUT2D eigenvalue weighted by Gasteiger charge is -2.20. The highest BCUT2D eigenvalue weighted by atomic mass is 32.1. The van der Waals surface area contributed by atoms with Gasteiger partial charge in [-0.15, -0.1) is 0 Å². The highest BCUT2D eigenvalue weighted by Gasteiger charge is 2.26. The van der Waals surface area contributed by atoms with Crippen LogP contribution in [0.4, 0.5) is 19.6 Å². The van der Waals surface area contributed by atoms with Crippen molar-refractivity contribution in [3.05, 3.63) is 99.1 Å². The summed E-state index contributed by atoms with van der Waals surface area (Å²) in [7, 11) is 0. The fourth-order valence-electron chi connectivity index (χ4n) is 3.34. The van der Waals surface area contributed by atoms with Crippen LogP contribution in [0.5, 0.6) is 0 Å². The van der Waals surface area contributed by atoms with Gasteiger partial charge < -0.3 is 4.74 Å². The maximum atomic E-state index is 14.1. The van der Waals surface area contributed by atoms with Crippen molar-refractivity contribution in [2.75, 3.05) is 11.5 Å². The van der Waals surface area contributed by atoms with Gasteiger partial charge in [0.25, 0.3) is 5.91 Å². The zero-order valence-electron chi connectivity index (χ0n) is 18.2. The van der Waals surface area contributed by atoms with E-state index in [4.69, 9.17) is 4.74 Å². The van der Waals surface area contributed by atoms with E-state index in [1.165, 1.54) is 16.2 Å². The van der Waals surface area contributed by atoms with Crippen molar-refractivity contribution in [2.45, 2.75) is 13.5 Å². The van der Waals surface area contributed by atoms with E-state index < -0.39 is 46.3 Å². The molecule has 0 aliphatic rings. The molecule has 3 aromatic carbocycles. The van der Waals surface area contributed by atoms with E-state index >= 15 is 0 Å². The maximum Gasteiger partial charge on any atom is 0.341 e. The molecule has 0 bridgehead atoms. The summed E-state index contributed by atoms with van der Waals surface area (Å²) in [6.45, 7) is 1.24. The summed E-state index contributed by atoms with van der Waals surface area (Å²) in [5, 5.41) is 11.3. The minimum absolute atomic E-state index is 0.131. The number of ether oxygens (including phenoxy) is 1. The molecule has 0 spiro atoms. The van der Waals surface area contributed by atoms with E-state index in [0.29, 0.717) is 11.2 Å². The second-order valence-electron chi connectivity index (χ2n) is 7.50. The fourth-order valence-corrected chi connectivity index (χ4v) is 4.40. The van der Waals surface area contributed by atoms with Gasteiger partial charge in [0.2, 0.25) is 5.82 Å². The normalized spacial score (nSPS) is 10.8. The lowest BCUT2D eigenvalue weighted by atomic mass is 10.2. The van der Waals surface area contributed by atoms with Crippen LogP contribution in [0.25, 0.3) is 10.2 Å². The average Bonchev–Trinajstić information content (AvgIpc) is 3.26. The van der Waals surface area contributed by atoms with E-state index in [1.807, 2.05) is 55.5 Å². The Balaban J connectivity index is 1.59. The molecule has 0 saturated heterocycles. The second kappa shape index (κ2) is 9.94. The number of fused-ring (bicyclic) bond motifs is 1. The number of aromatic nitrogens is 1. The third kappa shape index (κ3) is 5.14. The zero-order chi connectivity index (χ0) is 25.1. The Morgan fingerprint density at radius 1 is 1.09 bits per heavy atom. The number of nitrogens with zero attached hydrogens (tertiary/aromatic N) is 3. The number of carbonyl (C=O) groups excluding carboxylic acids is 2. The quantitative estimate of drug-likeness (QED) is 0.198. The molecule has 35 heavy (non-hydrogen) atoms. The smallest absolute Gasteiger partial charge is 0.341 e. The van der Waals surface area contributed by atoms with Gasteiger partial charge in [-0.1, -0.05) is 53.8 Å². The molecule has 0 aliphatic heterocycles. The molecule has 11 heteroatoms. The number of carbonyl (C=O) groups is 2. The highest BCUT2D eigenvalue weighted by Crippen LogP contribution is 2.31. The van der Waals surface area contributed by atoms with Crippen LogP contribution in [0.1, 0.15) is 21.5 Å². The number of aryl methyl sites for hydroxylation is 1. The first-order chi connectivity index (χ1) is 16.7. The molecule has 0 unspecified atom stereocenters. The first-order valence-electron chi connectivity index (χ1n) is 10.3. The second-order valence-corrected chi connectivity index (χ2v) is 8.51. The number of para-hydroxylation sites is 1. The molecule has 0 radical (unpaired) electrons. The maximum absolute atomic E-state index is 14.1. The van der Waals surface area contributed by atoms with Crippen LogP contribution >= 0.6 is 11.3 Å². The molecular formula is C24H17F2N3O5S. The molecule has 4 rings (SSSR count). The molecular weight excluding hydrogens is 480 g/mol. The summed E-state index contributed by atoms with van der Waals surface area (Å²) in [6.07, 6.45) is 0. The molecule has 4 aromatic rings. The monoisotopic (exact) mass is 497 g/mol. The lowest BCUT2D eigenvalue weighted by molar-refractivity contribution is -0.387. The molecule has 1 amide bonds. The van der Waals surface area contributed by atoms with Crippen LogP contribution in [0.3, 0.4) is 0 Å². The first-order valence-corrected chi connectivity index (χ1v) is 11.1. The van der Waals surface area contributed by atoms with Crippen molar-refractivity contribution < 1.29 is 28.0 Å². The standard InChI is InChI=1S/C24H17F2N3O5S/c1-14-6-5-9-20-22(14)27-24(35-20)28(12-15-7-3-2-4-8-15)21(30)13-34-23(31)16-10-19(29(32)33)18(26)11-17(16)25/h2-11H,12-13H2,1H3. The molecule has 8 nitrogen and oxygen atoms in total. The molecule has 0 atom stereocenters. The van der Waals surface area contributed by atoms with Crippen LogP contribution in [0.2, 0.25) is 0 Å². The van der Waals surface area contributed by atoms with Gasteiger partial charge in [-0.25, -0.2) is 14.2 Å². The van der Waals surface area contributed by atoms with Crippen LogP contribution in [-0.2, 0) is 16.1 Å². The van der Waals surface area contributed by atoms with E-state index in [2.05, 4.69) is 4.98 Å². The molecule has 0 fully saturated rings. The Morgan fingerprint density at radius 3 is 2.51 bits per heavy atom. The van der Waals surface area contributed by atoms with E-state index in [-0.39, 0.29) is 12.6 Å². The summed E-state index contributed by atoms with van der Waals surface area (Å²) >= 11 is 1.28. The number of benzene rings is 3. The van der Waals surface area contributed by atoms with E-state index in [9.17, 15) is 28.5 Å². The number of anilines is 1. The summed E-state index contributed by atoms with van der Waals surface area (Å²) in [5.74, 6) is -4.75. The Bertz CT molecular complexity index is 1440. The van der Waals surface area contributed by atoms with Gasteiger partial charge in [-0.05, 0) is 24.1 Å². The van der Waals surface area contributed by atoms with Gasteiger partial charge in [-0.3, -0.25) is 19.8 Å². The molecule has 0 saturated carbocycles. The van der Waals surface area contributed by atoms with Crippen molar-refractivity contribution in [1.29, 1.82) is 0 Å². The molecule has 1 heterocycles. The van der Waals surface area contributed by atoms with Crippen molar-refractivity contribution in [3.63, 3.8) is 0 Å². The fraction of sp³-hybridized carbons (Fsp3) is 0.125.